The number of ether oxygens (including phenoxy) is 2. The molecule has 26 heavy (non-hydrogen) atoms. The second kappa shape index (κ2) is 6.99. The van der Waals surface area contributed by atoms with Crippen molar-refractivity contribution in [2.45, 2.75) is 33.8 Å². The van der Waals surface area contributed by atoms with E-state index in [9.17, 15) is 4.79 Å². The van der Waals surface area contributed by atoms with Gasteiger partial charge in [-0.1, -0.05) is 50.3 Å². The summed E-state index contributed by atoms with van der Waals surface area (Å²) in [7, 11) is 0. The number of aryl methyl sites for hydroxylation is 1. The fourth-order valence-corrected chi connectivity index (χ4v) is 3.48. The van der Waals surface area contributed by atoms with Gasteiger partial charge in [0.2, 0.25) is 0 Å². The number of carbonyl (C=O) groups is 1. The maximum Gasteiger partial charge on any atom is 0.310 e. The summed E-state index contributed by atoms with van der Waals surface area (Å²) in [6, 6.07) is 15.6. The van der Waals surface area contributed by atoms with Crippen molar-refractivity contribution in [2.24, 2.45) is 17.3 Å². The molecule has 2 aromatic rings. The van der Waals surface area contributed by atoms with Crippen molar-refractivity contribution in [3.8, 4) is 11.5 Å². The van der Waals surface area contributed by atoms with Gasteiger partial charge in [0.15, 0.2) is 0 Å². The van der Waals surface area contributed by atoms with Crippen molar-refractivity contribution in [1.82, 2.24) is 0 Å². The third-order valence-corrected chi connectivity index (χ3v) is 5.36. The lowest BCUT2D eigenvalue weighted by Gasteiger charge is -2.17. The quantitative estimate of drug-likeness (QED) is 0.484. The molecule has 1 aliphatic rings. The summed E-state index contributed by atoms with van der Waals surface area (Å²) in [6.45, 7) is 11.9. The summed E-state index contributed by atoms with van der Waals surface area (Å²) in [5.74, 6) is 1.49. The largest absolute Gasteiger partial charge is 0.458 e. The lowest BCUT2D eigenvalue weighted by Crippen LogP contribution is -2.13. The Balaban J connectivity index is 1.72. The van der Waals surface area contributed by atoms with Gasteiger partial charge in [-0.3, -0.25) is 4.79 Å². The number of benzene rings is 2. The van der Waals surface area contributed by atoms with Crippen LogP contribution in [0.1, 0.15) is 38.0 Å². The van der Waals surface area contributed by atoms with E-state index in [1.165, 1.54) is 0 Å². The third-order valence-electron chi connectivity index (χ3n) is 5.36. The normalized spacial score (nSPS) is 21.5. The monoisotopic (exact) mass is 350 g/mol. The molecule has 0 saturated heterocycles. The molecule has 0 bridgehead atoms. The fraction of sp³-hybridized carbons (Fsp3) is 0.348. The van der Waals surface area contributed by atoms with E-state index in [-0.39, 0.29) is 29.3 Å². The molecule has 0 amide bonds. The van der Waals surface area contributed by atoms with E-state index in [0.717, 1.165) is 22.6 Å². The molecule has 0 aliphatic heterocycles. The van der Waals surface area contributed by atoms with Crippen molar-refractivity contribution < 1.29 is 14.3 Å². The number of carbonyl (C=O) groups excluding carboxylic acids is 1. The van der Waals surface area contributed by atoms with Gasteiger partial charge in [0.1, 0.15) is 17.6 Å². The predicted octanol–water partition coefficient (Wildman–Crippen LogP) is 5.85. The topological polar surface area (TPSA) is 35.5 Å². The maximum atomic E-state index is 12.5. The Morgan fingerprint density at radius 3 is 2.50 bits per heavy atom. The summed E-state index contributed by atoms with van der Waals surface area (Å²) < 4.78 is 11.7. The number of esters is 1. The molecule has 0 radical (unpaired) electrons. The van der Waals surface area contributed by atoms with Crippen LogP contribution in [0.3, 0.4) is 0 Å². The van der Waals surface area contributed by atoms with Gasteiger partial charge in [-0.25, -0.2) is 0 Å². The Morgan fingerprint density at radius 2 is 1.88 bits per heavy atom. The lowest BCUT2D eigenvalue weighted by atomic mass is 10.1. The molecule has 3 rings (SSSR count). The van der Waals surface area contributed by atoms with Gasteiger partial charge in [-0.15, -0.1) is 6.58 Å². The van der Waals surface area contributed by atoms with Gasteiger partial charge in [-0.05, 0) is 54.5 Å². The molecule has 0 spiro atoms. The van der Waals surface area contributed by atoms with E-state index >= 15 is 0 Å². The van der Waals surface area contributed by atoms with E-state index in [0.29, 0.717) is 0 Å². The van der Waals surface area contributed by atoms with Gasteiger partial charge in [0, 0.05) is 0 Å². The smallest absolute Gasteiger partial charge is 0.310 e. The first-order valence-corrected chi connectivity index (χ1v) is 9.01. The zero-order valence-electron chi connectivity index (χ0n) is 15.9. The molecule has 1 aliphatic carbocycles. The second-order valence-corrected chi connectivity index (χ2v) is 7.58. The number of para-hydroxylation sites is 1. The van der Waals surface area contributed by atoms with Crippen LogP contribution in [0, 0.1) is 24.2 Å². The first kappa shape index (κ1) is 18.2. The molecule has 0 heterocycles. The molecule has 1 saturated carbocycles. The average Bonchev–Trinajstić information content (AvgIpc) is 3.18. The van der Waals surface area contributed by atoms with Crippen LogP contribution in [0.25, 0.3) is 0 Å². The molecule has 3 nitrogen and oxygen atoms in total. The highest BCUT2D eigenvalue weighted by Crippen LogP contribution is 2.59. The van der Waals surface area contributed by atoms with Gasteiger partial charge >= 0.3 is 5.97 Å². The highest BCUT2D eigenvalue weighted by Gasteiger charge is 2.61. The van der Waals surface area contributed by atoms with E-state index in [2.05, 4.69) is 20.4 Å². The Kier molecular flexibility index (Phi) is 4.90. The van der Waals surface area contributed by atoms with Gasteiger partial charge in [0.05, 0.1) is 5.92 Å². The molecular weight excluding hydrogens is 324 g/mol. The van der Waals surface area contributed by atoms with Gasteiger partial charge in [0.25, 0.3) is 0 Å². The third kappa shape index (κ3) is 3.52. The minimum Gasteiger partial charge on any atom is -0.458 e. The summed E-state index contributed by atoms with van der Waals surface area (Å²) in [4.78, 5) is 12.5. The Morgan fingerprint density at radius 1 is 1.19 bits per heavy atom. The Bertz CT molecular complexity index is 807. The molecule has 136 valence electrons. The molecule has 3 heteroatoms. The number of rotatable bonds is 6. The molecule has 3 atom stereocenters. The maximum absolute atomic E-state index is 12.5. The van der Waals surface area contributed by atoms with E-state index < -0.39 is 0 Å². The summed E-state index contributed by atoms with van der Waals surface area (Å²) in [6.07, 6.45) is 1.52. The van der Waals surface area contributed by atoms with Crippen LogP contribution < -0.4 is 4.74 Å². The molecule has 0 N–H and O–H groups in total. The number of allylic oxidation sites excluding steroid dienone is 1. The highest BCUT2D eigenvalue weighted by molar-refractivity contribution is 5.78. The fourth-order valence-electron chi connectivity index (χ4n) is 3.48. The molecular formula is C23H26O3. The summed E-state index contributed by atoms with van der Waals surface area (Å²) in [5, 5.41) is 0. The summed E-state index contributed by atoms with van der Waals surface area (Å²) >= 11 is 0. The van der Waals surface area contributed by atoms with E-state index in [1.54, 1.807) is 0 Å². The van der Waals surface area contributed by atoms with Crippen LogP contribution in [0.5, 0.6) is 11.5 Å². The average molecular weight is 350 g/mol. The minimum absolute atomic E-state index is 0.0621. The van der Waals surface area contributed by atoms with Crippen LogP contribution in [0.15, 0.2) is 61.2 Å². The van der Waals surface area contributed by atoms with Crippen LogP contribution in [0.2, 0.25) is 0 Å². The first-order valence-electron chi connectivity index (χ1n) is 9.01. The predicted molar refractivity (Wildman–Crippen MR) is 103 cm³/mol. The Labute approximate surface area is 155 Å². The van der Waals surface area contributed by atoms with Crippen LogP contribution in [0.4, 0.5) is 0 Å². The zero-order valence-corrected chi connectivity index (χ0v) is 15.9. The second-order valence-electron chi connectivity index (χ2n) is 7.58. The Hall–Kier alpha value is -2.55. The molecule has 2 aromatic carbocycles. The number of hydrogen-bond acceptors (Lipinski definition) is 3. The standard InChI is InChI=1S/C23H26O3/c1-6-19-21(23(19,4)5)22(24)25-16(3)17-13-12-15(2)20(14-17)26-18-10-8-7-9-11-18/h6-14,16,19,21H,1H2,2-5H3. The van der Waals surface area contributed by atoms with Crippen molar-refractivity contribution >= 4 is 5.97 Å². The highest BCUT2D eigenvalue weighted by atomic mass is 16.5. The van der Waals surface area contributed by atoms with Crippen molar-refractivity contribution in [3.63, 3.8) is 0 Å². The molecule has 0 aromatic heterocycles. The zero-order chi connectivity index (χ0) is 18.9. The van der Waals surface area contributed by atoms with Crippen molar-refractivity contribution in [2.75, 3.05) is 0 Å². The van der Waals surface area contributed by atoms with Crippen LogP contribution in [-0.4, -0.2) is 5.97 Å². The lowest BCUT2D eigenvalue weighted by molar-refractivity contribution is -0.151. The first-order chi connectivity index (χ1) is 12.3. The van der Waals surface area contributed by atoms with E-state index in [4.69, 9.17) is 9.47 Å². The molecule has 1 fully saturated rings. The van der Waals surface area contributed by atoms with Crippen LogP contribution in [-0.2, 0) is 9.53 Å². The van der Waals surface area contributed by atoms with Crippen molar-refractivity contribution in [1.29, 1.82) is 0 Å². The van der Waals surface area contributed by atoms with Gasteiger partial charge < -0.3 is 9.47 Å². The molecule has 3 unspecified atom stereocenters. The number of hydrogen-bond donors (Lipinski definition) is 0. The SMILES string of the molecule is C=CC1C(C(=O)OC(C)c2ccc(C)c(Oc3ccccc3)c2)C1(C)C. The van der Waals surface area contributed by atoms with E-state index in [1.807, 2.05) is 68.5 Å². The summed E-state index contributed by atoms with van der Waals surface area (Å²) in [5.41, 5.74) is 1.89. The van der Waals surface area contributed by atoms with Gasteiger partial charge in [-0.2, -0.15) is 0 Å². The van der Waals surface area contributed by atoms with Crippen LogP contribution >= 0.6 is 0 Å². The minimum atomic E-state index is -0.330. The van der Waals surface area contributed by atoms with Crippen molar-refractivity contribution in [3.05, 3.63) is 72.3 Å².